The first kappa shape index (κ1) is 30.0. The summed E-state index contributed by atoms with van der Waals surface area (Å²) >= 11 is 0. The summed E-state index contributed by atoms with van der Waals surface area (Å²) in [7, 11) is 0. The number of aliphatic imine (C=N–C) groups is 2. The van der Waals surface area contributed by atoms with E-state index in [1.807, 2.05) is 58.9 Å². The minimum atomic E-state index is 0.588. The van der Waals surface area contributed by atoms with Crippen molar-refractivity contribution in [1.29, 1.82) is 5.26 Å². The van der Waals surface area contributed by atoms with Crippen molar-refractivity contribution >= 4 is 49.6 Å². The van der Waals surface area contributed by atoms with Crippen molar-refractivity contribution in [2.24, 2.45) is 9.98 Å². The van der Waals surface area contributed by atoms with Crippen molar-refractivity contribution in [2.75, 3.05) is 0 Å². The fourth-order valence-corrected chi connectivity index (χ4v) is 4.57. The van der Waals surface area contributed by atoms with E-state index in [0.717, 1.165) is 22.5 Å². The van der Waals surface area contributed by atoms with Crippen LogP contribution >= 0.6 is 0 Å². The maximum atomic E-state index is 9.36. The molecule has 5 rings (SSSR count). The third kappa shape index (κ3) is 6.71. The SMILES string of the molecule is C/C=C(\N=C(N=C(C)C)c1cccc(C#N)c1)c1ccc2c3ccccc3c3ccccc3c2c1.CC.CCC. The zero-order valence-corrected chi connectivity index (χ0v) is 24.8. The smallest absolute Gasteiger partial charge is 0.159 e. The molecule has 0 aliphatic carbocycles. The first-order valence-electron chi connectivity index (χ1n) is 14.1. The first-order valence-corrected chi connectivity index (χ1v) is 14.1. The van der Waals surface area contributed by atoms with Gasteiger partial charge in [0.15, 0.2) is 5.84 Å². The van der Waals surface area contributed by atoms with E-state index >= 15 is 0 Å². The molecule has 0 fully saturated rings. The lowest BCUT2D eigenvalue weighted by atomic mass is 9.93. The molecule has 5 aromatic rings. The molecule has 0 unspecified atom stereocenters. The van der Waals surface area contributed by atoms with Crippen molar-refractivity contribution in [3.05, 3.63) is 114 Å². The Hall–Kier alpha value is -4.55. The van der Waals surface area contributed by atoms with Crippen LogP contribution < -0.4 is 0 Å². The molecule has 0 saturated carbocycles. The molecule has 0 aliphatic heterocycles. The maximum Gasteiger partial charge on any atom is 0.159 e. The number of nitriles is 1. The van der Waals surface area contributed by atoms with Gasteiger partial charge in [-0.3, -0.25) is 0 Å². The Labute approximate surface area is 239 Å². The van der Waals surface area contributed by atoms with Gasteiger partial charge in [0.05, 0.1) is 17.3 Å². The van der Waals surface area contributed by atoms with Crippen molar-refractivity contribution in [3.63, 3.8) is 0 Å². The zero-order chi connectivity index (χ0) is 29.1. The van der Waals surface area contributed by atoms with Crippen molar-refractivity contribution in [3.8, 4) is 6.07 Å². The molecule has 0 atom stereocenters. The monoisotopic (exact) mass is 525 g/mol. The first-order chi connectivity index (χ1) is 19.5. The highest BCUT2D eigenvalue weighted by atomic mass is 14.9. The number of hydrogen-bond acceptors (Lipinski definition) is 2. The van der Waals surface area contributed by atoms with E-state index < -0.39 is 0 Å². The lowest BCUT2D eigenvalue weighted by Crippen LogP contribution is -2.02. The largest absolute Gasteiger partial charge is 0.238 e. The quantitative estimate of drug-likeness (QED) is 0.131. The van der Waals surface area contributed by atoms with Crippen LogP contribution in [-0.4, -0.2) is 11.5 Å². The lowest BCUT2D eigenvalue weighted by Gasteiger charge is -2.12. The van der Waals surface area contributed by atoms with Gasteiger partial charge >= 0.3 is 0 Å². The third-order valence-corrected chi connectivity index (χ3v) is 6.12. The van der Waals surface area contributed by atoms with Crippen molar-refractivity contribution in [2.45, 2.75) is 54.9 Å². The van der Waals surface area contributed by atoms with Crippen molar-refractivity contribution < 1.29 is 0 Å². The van der Waals surface area contributed by atoms with Gasteiger partial charge in [-0.05, 0) is 71.3 Å². The molecule has 0 saturated heterocycles. The number of allylic oxidation sites excluding steroid dienone is 1. The average Bonchev–Trinajstić information content (AvgIpc) is 3.00. The highest BCUT2D eigenvalue weighted by molar-refractivity contribution is 6.25. The van der Waals surface area contributed by atoms with Gasteiger partial charge in [0, 0.05) is 16.8 Å². The van der Waals surface area contributed by atoms with Gasteiger partial charge in [-0.2, -0.15) is 5.26 Å². The standard InChI is InChI=1S/C32H25N3.C3H8.C2H6/c1-4-31(35-32(34-21(2)3)24-11-9-10-22(18-24)20-33)23-16-17-29-27-14-6-5-12-25(27)26-13-7-8-15-28(26)30(29)19-23;1-3-2;1-2/h4-19H,1-3H3;3H2,1-2H3;1-2H3/b31-4-,35-32?;;. The topological polar surface area (TPSA) is 48.5 Å². The third-order valence-electron chi connectivity index (χ3n) is 6.12. The van der Waals surface area contributed by atoms with E-state index in [0.29, 0.717) is 11.4 Å². The Kier molecular flexibility index (Phi) is 10.9. The molecule has 0 spiro atoms. The van der Waals surface area contributed by atoms with Gasteiger partial charge in [0.2, 0.25) is 0 Å². The average molecular weight is 526 g/mol. The molecular formula is C37H39N3. The molecule has 0 aromatic heterocycles. The van der Waals surface area contributed by atoms with Crippen LogP contribution in [0.2, 0.25) is 0 Å². The Bertz CT molecular complexity index is 1710. The molecule has 3 heteroatoms. The molecule has 40 heavy (non-hydrogen) atoms. The summed E-state index contributed by atoms with van der Waals surface area (Å²) in [5.41, 5.74) is 4.18. The normalized spacial score (nSPS) is 11.2. The van der Waals surface area contributed by atoms with Crippen LogP contribution in [0.15, 0.2) is 107 Å². The molecule has 0 heterocycles. The van der Waals surface area contributed by atoms with Crippen LogP contribution in [0.4, 0.5) is 0 Å². The van der Waals surface area contributed by atoms with Gasteiger partial charge in [0.1, 0.15) is 0 Å². The van der Waals surface area contributed by atoms with E-state index in [9.17, 15) is 5.26 Å². The summed E-state index contributed by atoms with van der Waals surface area (Å²) in [6.07, 6.45) is 3.26. The second kappa shape index (κ2) is 14.6. The Morgan fingerprint density at radius 1 is 0.675 bits per heavy atom. The van der Waals surface area contributed by atoms with Gasteiger partial charge in [0.25, 0.3) is 0 Å². The summed E-state index contributed by atoms with van der Waals surface area (Å²) in [6.45, 7) is 14.1. The highest BCUT2D eigenvalue weighted by Gasteiger charge is 2.11. The molecule has 0 radical (unpaired) electrons. The summed E-state index contributed by atoms with van der Waals surface area (Å²) in [5.74, 6) is 0.596. The number of hydrogen-bond donors (Lipinski definition) is 0. The minimum absolute atomic E-state index is 0.588. The van der Waals surface area contributed by atoms with Crippen LogP contribution in [0.1, 0.15) is 71.6 Å². The Morgan fingerprint density at radius 3 is 1.70 bits per heavy atom. The number of fused-ring (bicyclic) bond motifs is 6. The zero-order valence-electron chi connectivity index (χ0n) is 24.8. The molecule has 5 aromatic carbocycles. The highest BCUT2D eigenvalue weighted by Crippen LogP contribution is 2.36. The molecule has 0 N–H and O–H groups in total. The predicted octanol–water partition coefficient (Wildman–Crippen LogP) is 10.7. The van der Waals surface area contributed by atoms with Gasteiger partial charge < -0.3 is 0 Å². The predicted molar refractivity (Wildman–Crippen MR) is 176 cm³/mol. The number of nitrogens with zero attached hydrogens (tertiary/aromatic N) is 3. The minimum Gasteiger partial charge on any atom is -0.238 e. The Morgan fingerprint density at radius 2 is 1.20 bits per heavy atom. The summed E-state index contributed by atoms with van der Waals surface area (Å²) in [6, 6.07) is 33.4. The van der Waals surface area contributed by atoms with Crippen molar-refractivity contribution in [1.82, 2.24) is 0 Å². The maximum absolute atomic E-state index is 9.36. The lowest BCUT2D eigenvalue weighted by molar-refractivity contribution is 1.09. The van der Waals surface area contributed by atoms with Crippen LogP contribution in [0.5, 0.6) is 0 Å². The number of rotatable bonds is 3. The van der Waals surface area contributed by atoms with E-state index in [1.54, 1.807) is 6.07 Å². The van der Waals surface area contributed by atoms with Gasteiger partial charge in [-0.1, -0.05) is 113 Å². The molecule has 0 amide bonds. The Balaban J connectivity index is 0.000000827. The van der Waals surface area contributed by atoms with E-state index in [-0.39, 0.29) is 0 Å². The molecular weight excluding hydrogens is 486 g/mol. The van der Waals surface area contributed by atoms with Crippen LogP contribution in [0, 0.1) is 11.3 Å². The fraction of sp³-hybridized carbons (Fsp3) is 0.216. The summed E-state index contributed by atoms with van der Waals surface area (Å²) in [4.78, 5) is 9.69. The summed E-state index contributed by atoms with van der Waals surface area (Å²) in [5, 5.41) is 16.8. The van der Waals surface area contributed by atoms with Gasteiger partial charge in [-0.25, -0.2) is 9.98 Å². The number of benzene rings is 5. The van der Waals surface area contributed by atoms with Crippen LogP contribution in [0.25, 0.3) is 38.0 Å². The van der Waals surface area contributed by atoms with Crippen LogP contribution in [0.3, 0.4) is 0 Å². The molecule has 0 bridgehead atoms. The molecule has 202 valence electrons. The molecule has 0 aliphatic rings. The van der Waals surface area contributed by atoms with E-state index in [2.05, 4.69) is 86.6 Å². The second-order valence-electron chi connectivity index (χ2n) is 9.42. The second-order valence-corrected chi connectivity index (χ2v) is 9.42. The van der Waals surface area contributed by atoms with Crippen LogP contribution in [-0.2, 0) is 0 Å². The molecule has 3 nitrogen and oxygen atoms in total. The summed E-state index contributed by atoms with van der Waals surface area (Å²) < 4.78 is 0. The van der Waals surface area contributed by atoms with Gasteiger partial charge in [-0.15, -0.1) is 0 Å². The number of amidine groups is 1. The van der Waals surface area contributed by atoms with E-state index in [4.69, 9.17) is 9.98 Å². The van der Waals surface area contributed by atoms with E-state index in [1.165, 1.54) is 38.7 Å². The fourth-order valence-electron chi connectivity index (χ4n) is 4.57.